The van der Waals surface area contributed by atoms with Crippen molar-refractivity contribution in [2.24, 2.45) is 0 Å². The van der Waals surface area contributed by atoms with Crippen molar-refractivity contribution in [1.29, 1.82) is 0 Å². The molecule has 0 aliphatic rings. The molecule has 0 unspecified atom stereocenters. The summed E-state index contributed by atoms with van der Waals surface area (Å²) in [7, 11) is -1.12. The van der Waals surface area contributed by atoms with E-state index in [0.717, 1.165) is 54.8 Å². The highest BCUT2D eigenvalue weighted by Crippen LogP contribution is 2.43. The Morgan fingerprint density at radius 3 is 1.26 bits per heavy atom. The van der Waals surface area contributed by atoms with Crippen molar-refractivity contribution in [2.45, 2.75) is 13.2 Å². The fourth-order valence-electron chi connectivity index (χ4n) is 5.77. The molecular weight excluding hydrogens is 599 g/mol. The number of hydrogen-bond acceptors (Lipinski definition) is 4. The van der Waals surface area contributed by atoms with Gasteiger partial charge in [-0.3, -0.25) is 0 Å². The van der Waals surface area contributed by atoms with Crippen molar-refractivity contribution in [3.05, 3.63) is 175 Å². The average molecular weight is 635 g/mol. The molecule has 232 valence electrons. The summed E-state index contributed by atoms with van der Waals surface area (Å²) in [5.74, 6) is 1.65. The van der Waals surface area contributed by atoms with Gasteiger partial charge in [-0.1, -0.05) is 152 Å². The molecule has 0 aromatic heterocycles. The van der Waals surface area contributed by atoms with Crippen LogP contribution in [0.4, 0.5) is 0 Å². The molecule has 0 N–H and O–H groups in total. The van der Waals surface area contributed by atoms with Crippen LogP contribution in [0.25, 0.3) is 21.5 Å². The Morgan fingerprint density at radius 2 is 0.787 bits per heavy atom. The van der Waals surface area contributed by atoms with E-state index in [9.17, 15) is 0 Å². The molecule has 0 bridgehead atoms. The van der Waals surface area contributed by atoms with E-state index in [1.54, 1.807) is 0 Å². The highest BCUT2D eigenvalue weighted by Gasteiger charge is 2.26. The molecule has 0 aliphatic carbocycles. The molecule has 0 saturated carbocycles. The number of benzene rings is 7. The second-order valence-corrected chi connectivity index (χ2v) is 13.3. The van der Waals surface area contributed by atoms with Gasteiger partial charge in [0.15, 0.2) is 13.6 Å². The SMILES string of the molecule is c1ccc(COCOc2c(P(c3ccccc3)c3ccc4ccccc4c3OCOCc3ccccc3)ccc3ccccc23)cc1. The summed E-state index contributed by atoms with van der Waals surface area (Å²) in [4.78, 5) is 0. The fraction of sp³-hybridized carbons (Fsp3) is 0.0952. The van der Waals surface area contributed by atoms with Crippen LogP contribution >= 0.6 is 7.92 Å². The summed E-state index contributed by atoms with van der Waals surface area (Å²) < 4.78 is 25.3. The Hall–Kier alpha value is -4.99. The summed E-state index contributed by atoms with van der Waals surface area (Å²) >= 11 is 0. The number of hydrogen-bond donors (Lipinski definition) is 0. The second-order valence-electron chi connectivity index (χ2n) is 11.1. The van der Waals surface area contributed by atoms with Crippen LogP contribution in [0.2, 0.25) is 0 Å². The summed E-state index contributed by atoms with van der Waals surface area (Å²) in [6, 6.07) is 56.5. The van der Waals surface area contributed by atoms with E-state index in [0.29, 0.717) is 13.2 Å². The largest absolute Gasteiger partial charge is 0.466 e. The Bertz CT molecular complexity index is 1920. The number of rotatable bonds is 13. The molecular formula is C42H35O4P. The highest BCUT2D eigenvalue weighted by molar-refractivity contribution is 7.80. The average Bonchev–Trinajstić information content (AvgIpc) is 3.14. The molecule has 4 nitrogen and oxygen atoms in total. The van der Waals surface area contributed by atoms with Gasteiger partial charge < -0.3 is 18.9 Å². The predicted molar refractivity (Wildman–Crippen MR) is 194 cm³/mol. The molecule has 0 aliphatic heterocycles. The van der Waals surface area contributed by atoms with Crippen molar-refractivity contribution in [3.8, 4) is 11.5 Å². The fourth-order valence-corrected chi connectivity index (χ4v) is 8.28. The van der Waals surface area contributed by atoms with Gasteiger partial charge in [-0.25, -0.2) is 0 Å². The van der Waals surface area contributed by atoms with Crippen molar-refractivity contribution in [3.63, 3.8) is 0 Å². The third-order valence-corrected chi connectivity index (χ3v) is 10.5. The monoisotopic (exact) mass is 634 g/mol. The van der Waals surface area contributed by atoms with Crippen LogP contribution in [0.5, 0.6) is 11.5 Å². The van der Waals surface area contributed by atoms with Crippen molar-refractivity contribution >= 4 is 45.4 Å². The molecule has 7 rings (SSSR count). The van der Waals surface area contributed by atoms with Crippen molar-refractivity contribution in [1.82, 2.24) is 0 Å². The molecule has 7 aromatic carbocycles. The molecule has 0 saturated heterocycles. The van der Waals surface area contributed by atoms with Crippen LogP contribution in [-0.2, 0) is 22.7 Å². The summed E-state index contributed by atoms with van der Waals surface area (Å²) in [5.41, 5.74) is 2.21. The molecule has 7 aromatic rings. The lowest BCUT2D eigenvalue weighted by Gasteiger charge is -2.26. The Morgan fingerprint density at radius 1 is 0.383 bits per heavy atom. The molecule has 0 spiro atoms. The third-order valence-electron chi connectivity index (χ3n) is 8.01. The minimum absolute atomic E-state index is 0.127. The van der Waals surface area contributed by atoms with Gasteiger partial charge in [0, 0.05) is 21.4 Å². The molecule has 0 amide bonds. The summed E-state index contributed by atoms with van der Waals surface area (Å²) in [6.07, 6.45) is 0. The molecule has 5 heteroatoms. The van der Waals surface area contributed by atoms with E-state index in [1.807, 2.05) is 36.4 Å². The van der Waals surface area contributed by atoms with Gasteiger partial charge >= 0.3 is 0 Å². The van der Waals surface area contributed by atoms with Crippen molar-refractivity contribution in [2.75, 3.05) is 13.6 Å². The van der Waals surface area contributed by atoms with E-state index in [-0.39, 0.29) is 13.6 Å². The van der Waals surface area contributed by atoms with Crippen LogP contribution in [0, 0.1) is 0 Å². The normalized spacial score (nSPS) is 11.3. The zero-order valence-corrected chi connectivity index (χ0v) is 26.9. The lowest BCUT2D eigenvalue weighted by atomic mass is 10.1. The Kier molecular flexibility index (Phi) is 9.83. The topological polar surface area (TPSA) is 36.9 Å². The van der Waals surface area contributed by atoms with Gasteiger partial charge in [0.05, 0.1) is 13.2 Å². The third kappa shape index (κ3) is 7.21. The van der Waals surface area contributed by atoms with Gasteiger partial charge in [0.25, 0.3) is 0 Å². The van der Waals surface area contributed by atoms with Crippen LogP contribution in [0.15, 0.2) is 164 Å². The van der Waals surface area contributed by atoms with Gasteiger partial charge in [-0.2, -0.15) is 0 Å². The molecule has 0 fully saturated rings. The quantitative estimate of drug-likeness (QED) is 0.0722. The zero-order valence-electron chi connectivity index (χ0n) is 26.0. The smallest absolute Gasteiger partial charge is 0.189 e. The standard InChI is InChI=1S/C42H35O4P/c1-4-14-32(15-5-1)28-43-30-45-41-37-22-12-10-18-34(37)24-26-39(41)47(36-20-8-3-9-21-36)40-27-25-35-19-11-13-23-38(35)42(40)46-31-44-29-33-16-6-2-7-17-33/h1-27H,28-31H2. The van der Waals surface area contributed by atoms with Crippen LogP contribution < -0.4 is 25.4 Å². The van der Waals surface area contributed by atoms with E-state index < -0.39 is 7.92 Å². The first-order valence-corrected chi connectivity index (χ1v) is 17.1. The molecule has 0 atom stereocenters. The van der Waals surface area contributed by atoms with E-state index in [4.69, 9.17) is 18.9 Å². The number of fused-ring (bicyclic) bond motifs is 2. The Labute approximate surface area is 276 Å². The number of ether oxygens (including phenoxy) is 4. The highest BCUT2D eigenvalue weighted by atomic mass is 31.1. The first-order valence-electron chi connectivity index (χ1n) is 15.7. The van der Waals surface area contributed by atoms with Gasteiger partial charge in [-0.05, 0) is 47.3 Å². The van der Waals surface area contributed by atoms with Crippen LogP contribution in [0.3, 0.4) is 0 Å². The maximum atomic E-state index is 6.60. The molecule has 0 heterocycles. The minimum atomic E-state index is -1.12. The maximum absolute atomic E-state index is 6.60. The molecule has 47 heavy (non-hydrogen) atoms. The lowest BCUT2D eigenvalue weighted by molar-refractivity contribution is 0.00645. The lowest BCUT2D eigenvalue weighted by Crippen LogP contribution is -2.25. The molecule has 0 radical (unpaired) electrons. The van der Waals surface area contributed by atoms with Crippen LogP contribution in [0.1, 0.15) is 11.1 Å². The maximum Gasteiger partial charge on any atom is 0.189 e. The van der Waals surface area contributed by atoms with Gasteiger partial charge in [0.2, 0.25) is 0 Å². The van der Waals surface area contributed by atoms with E-state index in [2.05, 4.69) is 127 Å². The minimum Gasteiger partial charge on any atom is -0.466 e. The summed E-state index contributed by atoms with van der Waals surface area (Å²) in [6.45, 7) is 1.20. The van der Waals surface area contributed by atoms with Crippen LogP contribution in [-0.4, -0.2) is 13.6 Å². The van der Waals surface area contributed by atoms with E-state index >= 15 is 0 Å². The van der Waals surface area contributed by atoms with Gasteiger partial charge in [0.1, 0.15) is 11.5 Å². The first kappa shape index (κ1) is 30.7. The summed E-state index contributed by atoms with van der Waals surface area (Å²) in [5, 5.41) is 7.70. The van der Waals surface area contributed by atoms with E-state index in [1.165, 1.54) is 5.30 Å². The van der Waals surface area contributed by atoms with Gasteiger partial charge in [-0.15, -0.1) is 0 Å². The van der Waals surface area contributed by atoms with Crippen molar-refractivity contribution < 1.29 is 18.9 Å². The zero-order chi connectivity index (χ0) is 31.7. The predicted octanol–water partition coefficient (Wildman–Crippen LogP) is 8.86. The second kappa shape index (κ2) is 15.1. The first-order chi connectivity index (χ1) is 23.3. The Balaban J connectivity index is 1.29.